The van der Waals surface area contributed by atoms with Gasteiger partial charge in [0.2, 0.25) is 5.89 Å². The number of nitrogens with zero attached hydrogens (tertiary/aromatic N) is 2. The number of nitrogens with two attached hydrogens (primary N) is 1. The van der Waals surface area contributed by atoms with Crippen molar-refractivity contribution in [3.8, 4) is 0 Å². The van der Waals surface area contributed by atoms with Crippen molar-refractivity contribution >= 4 is 5.91 Å². The first-order chi connectivity index (χ1) is 6.98. The maximum atomic E-state index is 11.1. The van der Waals surface area contributed by atoms with E-state index in [1.165, 1.54) is 7.05 Å². The number of aromatic nitrogens is 2. The quantitative estimate of drug-likeness (QED) is 0.572. The van der Waals surface area contributed by atoms with E-state index in [1.807, 2.05) is 0 Å². The Morgan fingerprint density at radius 2 is 2.40 bits per heavy atom. The van der Waals surface area contributed by atoms with Gasteiger partial charge in [0.15, 0.2) is 0 Å². The summed E-state index contributed by atoms with van der Waals surface area (Å²) in [4.78, 5) is 14.9. The fourth-order valence-electron chi connectivity index (χ4n) is 0.929. The molecule has 84 valence electrons. The second kappa shape index (κ2) is 4.37. The lowest BCUT2D eigenvalue weighted by molar-refractivity contribution is 0.0610. The van der Waals surface area contributed by atoms with Crippen molar-refractivity contribution in [2.75, 3.05) is 13.6 Å². The number of nitrogens with one attached hydrogen (secondary N) is 1. The standard InChI is InChI=1S/C8H14N4O3/c1-8(14,4-9)3-5-11-6(12-15-5)7(13)10-2/h14H,3-4,9H2,1-2H3,(H,10,13). The highest BCUT2D eigenvalue weighted by Crippen LogP contribution is 2.09. The maximum Gasteiger partial charge on any atom is 0.292 e. The first kappa shape index (κ1) is 11.6. The first-order valence-corrected chi connectivity index (χ1v) is 4.45. The number of aliphatic hydroxyl groups is 1. The van der Waals surface area contributed by atoms with Gasteiger partial charge in [-0.2, -0.15) is 4.98 Å². The van der Waals surface area contributed by atoms with Crippen molar-refractivity contribution in [1.82, 2.24) is 15.5 Å². The molecule has 0 radical (unpaired) electrons. The highest BCUT2D eigenvalue weighted by molar-refractivity contribution is 5.89. The highest BCUT2D eigenvalue weighted by atomic mass is 16.5. The summed E-state index contributed by atoms with van der Waals surface area (Å²) in [5.74, 6) is -0.304. The molecule has 15 heavy (non-hydrogen) atoms. The lowest BCUT2D eigenvalue weighted by Crippen LogP contribution is -2.36. The molecular weight excluding hydrogens is 200 g/mol. The molecular formula is C8H14N4O3. The van der Waals surface area contributed by atoms with Crippen LogP contribution >= 0.6 is 0 Å². The third-order valence-corrected chi connectivity index (χ3v) is 1.87. The molecule has 1 unspecified atom stereocenters. The van der Waals surface area contributed by atoms with E-state index >= 15 is 0 Å². The third kappa shape index (κ3) is 3.00. The van der Waals surface area contributed by atoms with Crippen LogP contribution in [0.2, 0.25) is 0 Å². The Morgan fingerprint density at radius 3 is 2.93 bits per heavy atom. The van der Waals surface area contributed by atoms with Crippen LogP contribution in [0, 0.1) is 0 Å². The molecule has 0 saturated heterocycles. The van der Waals surface area contributed by atoms with E-state index in [9.17, 15) is 9.90 Å². The van der Waals surface area contributed by atoms with Gasteiger partial charge < -0.3 is 20.7 Å². The summed E-state index contributed by atoms with van der Waals surface area (Å²) in [6, 6.07) is 0. The molecule has 0 aliphatic rings. The fraction of sp³-hybridized carbons (Fsp3) is 0.625. The zero-order valence-electron chi connectivity index (χ0n) is 8.65. The summed E-state index contributed by atoms with van der Waals surface area (Å²) in [5.41, 5.74) is 4.22. The van der Waals surface area contributed by atoms with Crippen LogP contribution in [-0.2, 0) is 6.42 Å². The van der Waals surface area contributed by atoms with Crippen molar-refractivity contribution < 1.29 is 14.4 Å². The van der Waals surface area contributed by atoms with E-state index in [0.29, 0.717) is 0 Å². The first-order valence-electron chi connectivity index (χ1n) is 4.45. The summed E-state index contributed by atoms with van der Waals surface area (Å²) in [5, 5.41) is 15.4. The van der Waals surface area contributed by atoms with Crippen LogP contribution in [-0.4, -0.2) is 40.3 Å². The second-order valence-corrected chi connectivity index (χ2v) is 3.47. The van der Waals surface area contributed by atoms with Crippen molar-refractivity contribution in [2.45, 2.75) is 18.9 Å². The molecule has 0 aromatic carbocycles. The zero-order valence-corrected chi connectivity index (χ0v) is 8.65. The van der Waals surface area contributed by atoms with Crippen molar-refractivity contribution in [2.24, 2.45) is 5.73 Å². The van der Waals surface area contributed by atoms with Gasteiger partial charge >= 0.3 is 0 Å². The minimum absolute atomic E-state index is 0.0553. The predicted molar refractivity (Wildman–Crippen MR) is 51.1 cm³/mol. The summed E-state index contributed by atoms with van der Waals surface area (Å²) >= 11 is 0. The Hall–Kier alpha value is -1.47. The van der Waals surface area contributed by atoms with Gasteiger partial charge in [0.05, 0.1) is 12.0 Å². The van der Waals surface area contributed by atoms with Gasteiger partial charge in [-0.1, -0.05) is 5.16 Å². The molecule has 1 aromatic heterocycles. The minimum atomic E-state index is -1.10. The van der Waals surface area contributed by atoms with Gasteiger partial charge in [-0.05, 0) is 6.92 Å². The van der Waals surface area contributed by atoms with Gasteiger partial charge in [0.25, 0.3) is 11.7 Å². The normalized spacial score (nSPS) is 14.7. The molecule has 1 aromatic rings. The van der Waals surface area contributed by atoms with Crippen LogP contribution in [0.1, 0.15) is 23.4 Å². The number of hydrogen-bond donors (Lipinski definition) is 3. The second-order valence-electron chi connectivity index (χ2n) is 3.47. The molecule has 1 atom stereocenters. The van der Waals surface area contributed by atoms with Crippen LogP contribution in [0.5, 0.6) is 0 Å². The Kier molecular flexibility index (Phi) is 3.38. The van der Waals surface area contributed by atoms with Crippen LogP contribution in [0.3, 0.4) is 0 Å². The molecule has 1 rings (SSSR count). The molecule has 0 spiro atoms. The predicted octanol–water partition coefficient (Wildman–Crippen LogP) is -1.32. The lowest BCUT2D eigenvalue weighted by Gasteiger charge is -2.17. The summed E-state index contributed by atoms with van der Waals surface area (Å²) in [7, 11) is 1.47. The molecule has 0 saturated carbocycles. The Labute approximate surface area is 86.7 Å². The van der Waals surface area contributed by atoms with Gasteiger partial charge in [0, 0.05) is 13.6 Å². The molecule has 7 nitrogen and oxygen atoms in total. The number of carbonyl (C=O) groups excluding carboxylic acids is 1. The van der Waals surface area contributed by atoms with E-state index in [1.54, 1.807) is 6.92 Å². The monoisotopic (exact) mass is 214 g/mol. The molecule has 0 aliphatic carbocycles. The number of rotatable bonds is 4. The van der Waals surface area contributed by atoms with Crippen molar-refractivity contribution in [3.05, 3.63) is 11.7 Å². The van der Waals surface area contributed by atoms with Gasteiger partial charge in [-0.15, -0.1) is 0 Å². The average Bonchev–Trinajstić information content (AvgIpc) is 2.64. The van der Waals surface area contributed by atoms with E-state index in [2.05, 4.69) is 15.5 Å². The van der Waals surface area contributed by atoms with E-state index in [4.69, 9.17) is 10.3 Å². The fourth-order valence-corrected chi connectivity index (χ4v) is 0.929. The van der Waals surface area contributed by atoms with Gasteiger partial charge in [0.1, 0.15) is 0 Å². The number of hydrogen-bond acceptors (Lipinski definition) is 6. The molecule has 0 bridgehead atoms. The summed E-state index contributed by atoms with van der Waals surface area (Å²) in [6.45, 7) is 1.63. The molecule has 7 heteroatoms. The minimum Gasteiger partial charge on any atom is -0.388 e. The molecule has 0 aliphatic heterocycles. The topological polar surface area (TPSA) is 114 Å². The van der Waals surface area contributed by atoms with E-state index < -0.39 is 11.5 Å². The lowest BCUT2D eigenvalue weighted by atomic mass is 10.0. The zero-order chi connectivity index (χ0) is 11.5. The number of carbonyl (C=O) groups is 1. The van der Waals surface area contributed by atoms with Gasteiger partial charge in [-0.3, -0.25) is 4.79 Å². The number of amides is 1. The van der Waals surface area contributed by atoms with Crippen molar-refractivity contribution in [1.29, 1.82) is 0 Å². The smallest absolute Gasteiger partial charge is 0.292 e. The van der Waals surface area contributed by atoms with Crippen LogP contribution in [0.15, 0.2) is 4.52 Å². The van der Waals surface area contributed by atoms with Crippen LogP contribution < -0.4 is 11.1 Å². The Morgan fingerprint density at radius 1 is 1.73 bits per heavy atom. The van der Waals surface area contributed by atoms with E-state index in [-0.39, 0.29) is 24.7 Å². The molecule has 1 amide bonds. The molecule has 0 fully saturated rings. The Balaban J connectivity index is 2.73. The van der Waals surface area contributed by atoms with Gasteiger partial charge in [-0.25, -0.2) is 0 Å². The third-order valence-electron chi connectivity index (χ3n) is 1.87. The van der Waals surface area contributed by atoms with E-state index in [0.717, 1.165) is 0 Å². The maximum absolute atomic E-state index is 11.1. The summed E-state index contributed by atoms with van der Waals surface area (Å²) in [6.07, 6.45) is 0.119. The largest absolute Gasteiger partial charge is 0.388 e. The van der Waals surface area contributed by atoms with Crippen molar-refractivity contribution in [3.63, 3.8) is 0 Å². The highest BCUT2D eigenvalue weighted by Gasteiger charge is 2.23. The molecule has 1 heterocycles. The average molecular weight is 214 g/mol. The molecule has 4 N–H and O–H groups in total. The SMILES string of the molecule is CNC(=O)c1noc(CC(C)(O)CN)n1. The Bertz CT molecular complexity index is 347. The van der Waals surface area contributed by atoms with Crippen LogP contribution in [0.25, 0.3) is 0 Å². The van der Waals surface area contributed by atoms with Crippen LogP contribution in [0.4, 0.5) is 0 Å². The summed E-state index contributed by atoms with van der Waals surface area (Å²) < 4.78 is 4.79.